The van der Waals surface area contributed by atoms with E-state index in [0.717, 1.165) is 18.3 Å². The van der Waals surface area contributed by atoms with E-state index in [-0.39, 0.29) is 17.5 Å². The van der Waals surface area contributed by atoms with Crippen molar-refractivity contribution in [1.82, 2.24) is 10.2 Å². The number of amidine groups is 1. The molecule has 0 saturated carbocycles. The number of nitrogens with one attached hydrogen (secondary N) is 1. The Bertz CT molecular complexity index is 751. The number of benzene rings is 1. The van der Waals surface area contributed by atoms with Crippen molar-refractivity contribution >= 4 is 35.0 Å². The van der Waals surface area contributed by atoms with Gasteiger partial charge in [0.15, 0.2) is 16.7 Å². The Kier molecular flexibility index (Phi) is 7.62. The molecule has 1 aliphatic heterocycles. The summed E-state index contributed by atoms with van der Waals surface area (Å²) in [5, 5.41) is 18.8. The lowest BCUT2D eigenvalue weighted by Gasteiger charge is -2.15. The lowest BCUT2D eigenvalue weighted by Crippen LogP contribution is -2.26. The number of carboxylic acid groups (broad SMARTS) is 1. The molecule has 1 saturated heterocycles. The maximum absolute atomic E-state index is 11.7. The third-order valence-electron chi connectivity index (χ3n) is 3.50. The first-order chi connectivity index (χ1) is 12.9. The van der Waals surface area contributed by atoms with Gasteiger partial charge in [-0.25, -0.2) is 0 Å². The second kappa shape index (κ2) is 9.93. The Labute approximate surface area is 161 Å². The summed E-state index contributed by atoms with van der Waals surface area (Å²) in [6.07, 6.45) is 1.23. The van der Waals surface area contributed by atoms with Crippen LogP contribution in [0, 0.1) is 0 Å². The van der Waals surface area contributed by atoms with Crippen LogP contribution in [0.3, 0.4) is 0 Å². The number of carbonyl (C=O) groups is 2. The zero-order valence-electron chi connectivity index (χ0n) is 15.3. The van der Waals surface area contributed by atoms with Gasteiger partial charge in [0, 0.05) is 12.1 Å². The quantitative estimate of drug-likeness (QED) is 0.475. The van der Waals surface area contributed by atoms with Crippen LogP contribution in [0.15, 0.2) is 28.4 Å². The van der Waals surface area contributed by atoms with Gasteiger partial charge >= 0.3 is 5.97 Å². The number of rotatable bonds is 9. The number of thioether (sulfide) groups is 1. The molecule has 10 heteroatoms. The molecule has 1 heterocycles. The molecule has 1 amide bonds. The van der Waals surface area contributed by atoms with E-state index in [0.29, 0.717) is 23.7 Å². The van der Waals surface area contributed by atoms with Gasteiger partial charge in [0.1, 0.15) is 11.9 Å². The summed E-state index contributed by atoms with van der Waals surface area (Å²) in [5.74, 6) is -0.290. The van der Waals surface area contributed by atoms with Crippen molar-refractivity contribution in [2.75, 3.05) is 34.4 Å². The first-order valence-electron chi connectivity index (χ1n) is 8.15. The standard InChI is InChI=1S/C17H22N4O5S/c1-21(2)7-8-26-15-11(5-4-6-12(15)25-3)10-18-20-17-19-16(24)13(27-17)9-14(22)23/h4-6,10,13H,7-9H2,1-3H3,(H,22,23)(H,19,20,24). The van der Waals surface area contributed by atoms with Crippen LogP contribution in [-0.2, 0) is 9.59 Å². The van der Waals surface area contributed by atoms with Gasteiger partial charge in [-0.3, -0.25) is 9.59 Å². The largest absolute Gasteiger partial charge is 0.493 e. The van der Waals surface area contributed by atoms with E-state index >= 15 is 0 Å². The van der Waals surface area contributed by atoms with Gasteiger partial charge in [-0.1, -0.05) is 17.8 Å². The maximum Gasteiger partial charge on any atom is 0.305 e. The van der Waals surface area contributed by atoms with Gasteiger partial charge in [-0.15, -0.1) is 5.10 Å². The highest BCUT2D eigenvalue weighted by Gasteiger charge is 2.32. The monoisotopic (exact) mass is 394 g/mol. The van der Waals surface area contributed by atoms with Crippen molar-refractivity contribution in [2.45, 2.75) is 11.7 Å². The Morgan fingerprint density at radius 2 is 2.22 bits per heavy atom. The van der Waals surface area contributed by atoms with Gasteiger partial charge in [-0.2, -0.15) is 5.10 Å². The molecule has 1 atom stereocenters. The SMILES string of the molecule is COc1cccc(C=NN=C2NC(=O)C(CC(=O)O)S2)c1OCCN(C)C. The van der Waals surface area contributed by atoms with Crippen LogP contribution in [0.2, 0.25) is 0 Å². The van der Waals surface area contributed by atoms with Crippen molar-refractivity contribution in [2.24, 2.45) is 10.2 Å². The molecule has 0 aromatic heterocycles. The molecular formula is C17H22N4O5S. The summed E-state index contributed by atoms with van der Waals surface area (Å²) < 4.78 is 11.2. The highest BCUT2D eigenvalue weighted by atomic mass is 32.2. The molecule has 0 spiro atoms. The van der Waals surface area contributed by atoms with E-state index < -0.39 is 11.2 Å². The lowest BCUT2D eigenvalue weighted by molar-refractivity contribution is -0.138. The third-order valence-corrected chi connectivity index (χ3v) is 4.57. The molecule has 9 nitrogen and oxygen atoms in total. The second-order valence-electron chi connectivity index (χ2n) is 5.87. The van der Waals surface area contributed by atoms with Crippen LogP contribution in [0.4, 0.5) is 0 Å². The number of para-hydroxylation sites is 1. The second-order valence-corrected chi connectivity index (χ2v) is 7.07. The molecule has 2 N–H and O–H groups in total. The average molecular weight is 394 g/mol. The number of methoxy groups -OCH3 is 1. The molecule has 1 fully saturated rings. The maximum atomic E-state index is 11.7. The molecule has 0 bridgehead atoms. The summed E-state index contributed by atoms with van der Waals surface area (Å²) in [4.78, 5) is 24.4. The average Bonchev–Trinajstić information content (AvgIpc) is 2.94. The van der Waals surface area contributed by atoms with Gasteiger partial charge in [0.05, 0.1) is 19.7 Å². The van der Waals surface area contributed by atoms with Crippen LogP contribution < -0.4 is 14.8 Å². The minimum atomic E-state index is -1.04. The first-order valence-corrected chi connectivity index (χ1v) is 9.03. The topological polar surface area (TPSA) is 113 Å². The molecule has 146 valence electrons. The van der Waals surface area contributed by atoms with Crippen LogP contribution >= 0.6 is 11.8 Å². The summed E-state index contributed by atoms with van der Waals surface area (Å²) in [6, 6.07) is 5.41. The van der Waals surface area contributed by atoms with E-state index in [4.69, 9.17) is 14.6 Å². The zero-order chi connectivity index (χ0) is 19.8. The molecule has 1 aliphatic rings. The summed E-state index contributed by atoms with van der Waals surface area (Å²) in [6.45, 7) is 1.22. The van der Waals surface area contributed by atoms with Gasteiger partial charge in [0.2, 0.25) is 5.91 Å². The number of carbonyl (C=O) groups excluding carboxylic acids is 1. The number of likely N-dealkylation sites (N-methyl/N-ethyl adjacent to an activating group) is 1. The predicted molar refractivity (Wildman–Crippen MR) is 104 cm³/mol. The third kappa shape index (κ3) is 6.26. The van der Waals surface area contributed by atoms with Crippen molar-refractivity contribution in [3.05, 3.63) is 23.8 Å². The highest BCUT2D eigenvalue weighted by molar-refractivity contribution is 8.15. The molecule has 1 aromatic carbocycles. The Morgan fingerprint density at radius 1 is 1.44 bits per heavy atom. The predicted octanol–water partition coefficient (Wildman–Crippen LogP) is 1.03. The smallest absolute Gasteiger partial charge is 0.305 e. The van der Waals surface area contributed by atoms with E-state index in [9.17, 15) is 9.59 Å². The zero-order valence-corrected chi connectivity index (χ0v) is 16.2. The summed E-state index contributed by atoms with van der Waals surface area (Å²) in [5.41, 5.74) is 0.675. The normalized spacial score (nSPS) is 18.3. The molecule has 1 aromatic rings. The van der Waals surface area contributed by atoms with E-state index in [1.54, 1.807) is 19.2 Å². The Hall–Kier alpha value is -2.59. The molecule has 0 radical (unpaired) electrons. The number of ether oxygens (including phenoxy) is 2. The van der Waals surface area contributed by atoms with Gasteiger partial charge < -0.3 is 24.8 Å². The number of nitrogens with zero attached hydrogens (tertiary/aromatic N) is 3. The van der Waals surface area contributed by atoms with Crippen molar-refractivity contribution in [1.29, 1.82) is 0 Å². The molecule has 1 unspecified atom stereocenters. The minimum Gasteiger partial charge on any atom is -0.493 e. The highest BCUT2D eigenvalue weighted by Crippen LogP contribution is 2.30. The molecular weight excluding hydrogens is 372 g/mol. The fourth-order valence-corrected chi connectivity index (χ4v) is 3.08. The number of amides is 1. The molecule has 0 aliphatic carbocycles. The van der Waals surface area contributed by atoms with E-state index in [2.05, 4.69) is 15.5 Å². The first kappa shape index (κ1) is 20.7. The Morgan fingerprint density at radius 3 is 2.89 bits per heavy atom. The van der Waals surface area contributed by atoms with Crippen LogP contribution in [0.25, 0.3) is 0 Å². The van der Waals surface area contributed by atoms with Crippen molar-refractivity contribution in [3.8, 4) is 11.5 Å². The molecule has 2 rings (SSSR count). The number of aliphatic carboxylic acids is 1. The number of hydrogen-bond donors (Lipinski definition) is 2. The molecule has 27 heavy (non-hydrogen) atoms. The summed E-state index contributed by atoms with van der Waals surface area (Å²) in [7, 11) is 5.47. The fourth-order valence-electron chi connectivity index (χ4n) is 2.17. The lowest BCUT2D eigenvalue weighted by atomic mass is 10.2. The van der Waals surface area contributed by atoms with Gasteiger partial charge in [-0.05, 0) is 26.2 Å². The van der Waals surface area contributed by atoms with Crippen molar-refractivity contribution in [3.63, 3.8) is 0 Å². The van der Waals surface area contributed by atoms with Crippen LogP contribution in [-0.4, -0.2) is 72.9 Å². The van der Waals surface area contributed by atoms with E-state index in [1.165, 1.54) is 6.21 Å². The minimum absolute atomic E-state index is 0.264. The summed E-state index contributed by atoms with van der Waals surface area (Å²) >= 11 is 1.04. The Balaban J connectivity index is 2.10. The van der Waals surface area contributed by atoms with E-state index in [1.807, 2.05) is 25.1 Å². The van der Waals surface area contributed by atoms with Gasteiger partial charge in [0.25, 0.3) is 0 Å². The van der Waals surface area contributed by atoms with Crippen molar-refractivity contribution < 1.29 is 24.2 Å². The number of hydrogen-bond acceptors (Lipinski definition) is 8. The van der Waals surface area contributed by atoms with Crippen LogP contribution in [0.5, 0.6) is 11.5 Å². The van der Waals surface area contributed by atoms with Crippen LogP contribution in [0.1, 0.15) is 12.0 Å². The fraction of sp³-hybridized carbons (Fsp3) is 0.412. The number of carboxylic acids is 1.